The normalized spacial score (nSPS) is 10.9. The molecule has 0 atom stereocenters. The van der Waals surface area contributed by atoms with Crippen LogP contribution in [0.5, 0.6) is 11.5 Å². The molecular formula is C17H17N4O6+. The van der Waals surface area contributed by atoms with E-state index in [0.29, 0.717) is 11.5 Å². The first-order valence-corrected chi connectivity index (χ1v) is 7.62. The van der Waals surface area contributed by atoms with Gasteiger partial charge in [-0.1, -0.05) is 0 Å². The fraction of sp³-hybridized carbons (Fsp3) is 0.118. The minimum atomic E-state index is -0.526. The summed E-state index contributed by atoms with van der Waals surface area (Å²) in [4.78, 5) is 24.0. The molecule has 0 amide bonds. The van der Waals surface area contributed by atoms with Crippen molar-refractivity contribution in [3.05, 3.63) is 68.9 Å². The highest BCUT2D eigenvalue weighted by Crippen LogP contribution is 2.29. The van der Waals surface area contributed by atoms with E-state index in [1.165, 1.54) is 57.0 Å². The van der Waals surface area contributed by atoms with Gasteiger partial charge in [0.15, 0.2) is 6.21 Å². The summed E-state index contributed by atoms with van der Waals surface area (Å²) in [5.41, 5.74) is 0.275. The van der Waals surface area contributed by atoms with E-state index < -0.39 is 9.85 Å². The summed E-state index contributed by atoms with van der Waals surface area (Å²) in [5.74, 6) is 0.743. The molecule has 0 aromatic heterocycles. The number of rotatable bonds is 8. The number of nitro benzene ring substituents is 2. The minimum absolute atomic E-state index is 0.141. The van der Waals surface area contributed by atoms with E-state index >= 15 is 0 Å². The topological polar surface area (TPSA) is 131 Å². The van der Waals surface area contributed by atoms with Crippen molar-refractivity contribution in [2.45, 2.75) is 0 Å². The Morgan fingerprint density at radius 1 is 0.963 bits per heavy atom. The third kappa shape index (κ3) is 5.01. The molecule has 0 unspecified atom stereocenters. The summed E-state index contributed by atoms with van der Waals surface area (Å²) in [6.45, 7) is 0. The maximum absolute atomic E-state index is 11.1. The van der Waals surface area contributed by atoms with Gasteiger partial charge in [-0.25, -0.2) is 4.99 Å². The van der Waals surface area contributed by atoms with Crippen LogP contribution in [0.1, 0.15) is 0 Å². The highest BCUT2D eigenvalue weighted by molar-refractivity contribution is 5.70. The first-order chi connectivity index (χ1) is 13.0. The second-order valence-corrected chi connectivity index (χ2v) is 5.09. The number of nitro groups is 2. The van der Waals surface area contributed by atoms with Crippen LogP contribution in [0.2, 0.25) is 0 Å². The quantitative estimate of drug-likeness (QED) is 0.411. The zero-order valence-corrected chi connectivity index (χ0v) is 14.5. The number of nitrogens with zero attached hydrogens (tertiary/aromatic N) is 2. The van der Waals surface area contributed by atoms with Crippen LogP contribution in [0.25, 0.3) is 0 Å². The summed E-state index contributed by atoms with van der Waals surface area (Å²) in [5, 5.41) is 25.0. The van der Waals surface area contributed by atoms with Gasteiger partial charge in [0.1, 0.15) is 17.2 Å². The Bertz CT molecular complexity index is 910. The molecule has 2 aromatic carbocycles. The van der Waals surface area contributed by atoms with Crippen LogP contribution in [0.3, 0.4) is 0 Å². The van der Waals surface area contributed by atoms with Crippen molar-refractivity contribution in [1.29, 1.82) is 0 Å². The molecule has 2 aromatic rings. The predicted octanol–water partition coefficient (Wildman–Crippen LogP) is 1.93. The SMILES string of the molecule is COc1ccc(NC=CC=[NH+]c2ccc(OC)cc2[N+](=O)[O-])c([N+](=O)[O-])c1. The van der Waals surface area contributed by atoms with Gasteiger partial charge >= 0.3 is 5.69 Å². The molecule has 0 saturated carbocycles. The number of methoxy groups -OCH3 is 2. The standard InChI is InChI=1S/C17H16N4O6/c1-26-12-4-6-14(16(10-12)20(22)23)18-8-3-9-19-15-7-5-13(27-2)11-17(15)21(24)25/h3-11,18H,1-2H3/p+1. The molecule has 0 aliphatic heterocycles. The molecule has 140 valence electrons. The zero-order valence-electron chi connectivity index (χ0n) is 14.5. The Morgan fingerprint density at radius 3 is 2.15 bits per heavy atom. The van der Waals surface area contributed by atoms with Crippen LogP contribution < -0.4 is 19.8 Å². The molecule has 0 heterocycles. The number of hydrogen-bond acceptors (Lipinski definition) is 7. The van der Waals surface area contributed by atoms with E-state index in [0.717, 1.165) is 0 Å². The Balaban J connectivity index is 2.13. The van der Waals surface area contributed by atoms with Gasteiger partial charge in [0.05, 0.1) is 36.2 Å². The van der Waals surface area contributed by atoms with E-state index in [1.807, 2.05) is 0 Å². The maximum Gasteiger partial charge on any atom is 0.343 e. The van der Waals surface area contributed by atoms with E-state index in [9.17, 15) is 20.2 Å². The molecular weight excluding hydrogens is 356 g/mol. The van der Waals surface area contributed by atoms with Crippen LogP contribution in [0.15, 0.2) is 48.7 Å². The lowest BCUT2D eigenvalue weighted by atomic mass is 10.2. The number of allylic oxidation sites excluding steroid dienone is 1. The average molecular weight is 373 g/mol. The van der Waals surface area contributed by atoms with Crippen molar-refractivity contribution < 1.29 is 24.3 Å². The van der Waals surface area contributed by atoms with Crippen molar-refractivity contribution >= 4 is 29.0 Å². The van der Waals surface area contributed by atoms with Crippen LogP contribution in [0, 0.1) is 20.2 Å². The number of anilines is 1. The smallest absolute Gasteiger partial charge is 0.343 e. The van der Waals surface area contributed by atoms with Crippen LogP contribution in [-0.2, 0) is 0 Å². The Morgan fingerprint density at radius 2 is 1.56 bits per heavy atom. The van der Waals surface area contributed by atoms with Crippen molar-refractivity contribution in [3.8, 4) is 11.5 Å². The van der Waals surface area contributed by atoms with Gasteiger partial charge in [-0.15, -0.1) is 0 Å². The van der Waals surface area contributed by atoms with Gasteiger partial charge in [-0.05, 0) is 18.2 Å². The molecule has 0 fully saturated rings. The van der Waals surface area contributed by atoms with Crippen molar-refractivity contribution in [3.63, 3.8) is 0 Å². The first kappa shape index (κ1) is 19.4. The first-order valence-electron chi connectivity index (χ1n) is 7.62. The van der Waals surface area contributed by atoms with Gasteiger partial charge in [-0.2, -0.15) is 0 Å². The molecule has 0 radical (unpaired) electrons. The molecule has 10 nitrogen and oxygen atoms in total. The number of benzene rings is 2. The lowest BCUT2D eigenvalue weighted by Crippen LogP contribution is -2.61. The molecule has 0 aliphatic carbocycles. The monoisotopic (exact) mass is 373 g/mol. The molecule has 27 heavy (non-hydrogen) atoms. The summed E-state index contributed by atoms with van der Waals surface area (Å²) in [6.07, 6.45) is 4.43. The Kier molecular flexibility index (Phi) is 6.42. The van der Waals surface area contributed by atoms with Crippen molar-refractivity contribution in [1.82, 2.24) is 0 Å². The minimum Gasteiger partial charge on any atom is -0.496 e. The van der Waals surface area contributed by atoms with Crippen LogP contribution in [0.4, 0.5) is 22.7 Å². The third-order valence-corrected chi connectivity index (χ3v) is 3.47. The largest absolute Gasteiger partial charge is 0.496 e. The molecule has 0 saturated heterocycles. The number of ether oxygens (including phenoxy) is 2. The van der Waals surface area contributed by atoms with Gasteiger partial charge in [-0.3, -0.25) is 20.2 Å². The second kappa shape index (κ2) is 8.94. The molecule has 0 spiro atoms. The van der Waals surface area contributed by atoms with E-state index in [2.05, 4.69) is 10.3 Å². The number of hydrogen-bond donors (Lipinski definition) is 2. The summed E-state index contributed by atoms with van der Waals surface area (Å²) >= 11 is 0. The second-order valence-electron chi connectivity index (χ2n) is 5.09. The fourth-order valence-corrected chi connectivity index (χ4v) is 2.15. The van der Waals surface area contributed by atoms with Crippen molar-refractivity contribution in [2.75, 3.05) is 19.5 Å². The predicted molar refractivity (Wildman–Crippen MR) is 98.7 cm³/mol. The van der Waals surface area contributed by atoms with Gasteiger partial charge in [0, 0.05) is 18.3 Å². The molecule has 2 rings (SSSR count). The summed E-state index contributed by atoms with van der Waals surface area (Å²) in [6, 6.07) is 8.82. The Labute approximate surface area is 154 Å². The molecule has 2 N–H and O–H groups in total. The van der Waals surface area contributed by atoms with Gasteiger partial charge in [0.2, 0.25) is 0 Å². The van der Waals surface area contributed by atoms with Gasteiger partial charge in [0.25, 0.3) is 11.4 Å². The Hall–Kier alpha value is -3.95. The van der Waals surface area contributed by atoms with E-state index in [4.69, 9.17) is 9.47 Å². The number of nitrogens with one attached hydrogen (secondary N) is 2. The molecule has 0 bridgehead atoms. The third-order valence-electron chi connectivity index (χ3n) is 3.47. The highest BCUT2D eigenvalue weighted by atomic mass is 16.6. The van der Waals surface area contributed by atoms with Crippen molar-refractivity contribution in [2.24, 2.45) is 0 Å². The zero-order chi connectivity index (χ0) is 19.8. The van der Waals surface area contributed by atoms with Crippen LogP contribution in [-0.4, -0.2) is 30.3 Å². The summed E-state index contributed by atoms with van der Waals surface area (Å²) < 4.78 is 9.94. The lowest BCUT2D eigenvalue weighted by Gasteiger charge is -2.04. The highest BCUT2D eigenvalue weighted by Gasteiger charge is 2.18. The lowest BCUT2D eigenvalue weighted by molar-refractivity contribution is -0.409. The fourth-order valence-electron chi connectivity index (χ4n) is 2.15. The average Bonchev–Trinajstić information content (AvgIpc) is 2.67. The maximum atomic E-state index is 11.1. The summed E-state index contributed by atoms with van der Waals surface area (Å²) in [7, 11) is 2.84. The van der Waals surface area contributed by atoms with E-state index in [-0.39, 0.29) is 22.7 Å². The van der Waals surface area contributed by atoms with E-state index in [1.54, 1.807) is 12.1 Å². The van der Waals surface area contributed by atoms with Crippen LogP contribution >= 0.6 is 0 Å². The molecule has 10 heteroatoms. The van der Waals surface area contributed by atoms with Gasteiger partial charge < -0.3 is 14.8 Å². The molecule has 0 aliphatic rings.